The molecular formula is C24H20Cl2N4O4. The van der Waals surface area contributed by atoms with Crippen molar-refractivity contribution in [2.75, 3.05) is 0 Å². The van der Waals surface area contributed by atoms with Crippen molar-refractivity contribution in [1.82, 2.24) is 16.3 Å². The van der Waals surface area contributed by atoms with Crippen LogP contribution in [-0.2, 0) is 6.42 Å². The van der Waals surface area contributed by atoms with Gasteiger partial charge in [-0.2, -0.15) is 5.10 Å². The summed E-state index contributed by atoms with van der Waals surface area (Å²) in [7, 11) is 0. The lowest BCUT2D eigenvalue weighted by Gasteiger charge is -2.13. The molecule has 2 aromatic carbocycles. The zero-order valence-electron chi connectivity index (χ0n) is 18.1. The summed E-state index contributed by atoms with van der Waals surface area (Å²) in [6.45, 7) is 1.73. The van der Waals surface area contributed by atoms with Crippen LogP contribution in [0.4, 0.5) is 0 Å². The first-order valence-corrected chi connectivity index (χ1v) is 11.2. The molecule has 8 nitrogen and oxygen atoms in total. The van der Waals surface area contributed by atoms with Crippen LogP contribution in [0.1, 0.15) is 61.0 Å². The highest BCUT2D eigenvalue weighted by atomic mass is 35.5. The minimum atomic E-state index is -0.607. The fourth-order valence-electron chi connectivity index (χ4n) is 3.68. The molecule has 1 aliphatic rings. The van der Waals surface area contributed by atoms with Crippen LogP contribution < -0.4 is 16.3 Å². The van der Waals surface area contributed by atoms with E-state index < -0.39 is 17.7 Å². The molecule has 1 aromatic heterocycles. The number of hydrogen-bond acceptors (Lipinski definition) is 5. The average molecular weight is 499 g/mol. The number of halogens is 2. The number of nitrogens with zero attached hydrogens (tertiary/aromatic N) is 1. The molecule has 3 amide bonds. The summed E-state index contributed by atoms with van der Waals surface area (Å²) < 4.78 is 5.80. The SMILES string of the molecule is Cc1c(C(=O)NNC(=O)c2cccc(Cl)c2)oc2c1/C(=N/NC(=O)c1cccc(Cl)c1)CCC2. The first-order valence-electron chi connectivity index (χ1n) is 10.4. The Hall–Kier alpha value is -3.62. The van der Waals surface area contributed by atoms with E-state index in [0.29, 0.717) is 56.6 Å². The van der Waals surface area contributed by atoms with Gasteiger partial charge in [0.05, 0.1) is 5.71 Å². The van der Waals surface area contributed by atoms with Gasteiger partial charge in [-0.25, -0.2) is 5.43 Å². The third-order valence-electron chi connectivity index (χ3n) is 5.29. The number of fused-ring (bicyclic) bond motifs is 1. The van der Waals surface area contributed by atoms with E-state index in [4.69, 9.17) is 27.6 Å². The number of hydrazone groups is 1. The molecule has 0 unspecified atom stereocenters. The second kappa shape index (κ2) is 10.1. The number of hydrogen-bond donors (Lipinski definition) is 3. The number of amides is 3. The van der Waals surface area contributed by atoms with Crippen molar-refractivity contribution in [1.29, 1.82) is 0 Å². The van der Waals surface area contributed by atoms with Gasteiger partial charge >= 0.3 is 5.91 Å². The molecule has 10 heteroatoms. The van der Waals surface area contributed by atoms with Gasteiger partial charge in [0.15, 0.2) is 5.76 Å². The van der Waals surface area contributed by atoms with E-state index in [1.165, 1.54) is 6.07 Å². The van der Waals surface area contributed by atoms with Crippen LogP contribution in [0, 0.1) is 6.92 Å². The van der Waals surface area contributed by atoms with Crippen molar-refractivity contribution in [3.05, 3.63) is 92.4 Å². The van der Waals surface area contributed by atoms with Gasteiger partial charge in [0.25, 0.3) is 11.8 Å². The summed E-state index contributed by atoms with van der Waals surface area (Å²) in [5.41, 5.74) is 9.80. The maximum atomic E-state index is 12.7. The molecule has 34 heavy (non-hydrogen) atoms. The lowest BCUT2D eigenvalue weighted by Crippen LogP contribution is -2.41. The number of carbonyl (C=O) groups is 3. The van der Waals surface area contributed by atoms with Crippen LogP contribution in [-0.4, -0.2) is 23.4 Å². The Labute approximate surface area is 205 Å². The van der Waals surface area contributed by atoms with Gasteiger partial charge < -0.3 is 4.42 Å². The minimum Gasteiger partial charge on any atom is -0.455 e. The first-order chi connectivity index (χ1) is 16.3. The Morgan fingerprint density at radius 3 is 2.15 bits per heavy atom. The van der Waals surface area contributed by atoms with Crippen LogP contribution in [0.2, 0.25) is 10.0 Å². The third kappa shape index (κ3) is 5.13. The number of nitrogens with one attached hydrogen (secondary N) is 3. The molecule has 0 spiro atoms. The predicted molar refractivity (Wildman–Crippen MR) is 128 cm³/mol. The average Bonchev–Trinajstić information content (AvgIpc) is 3.18. The van der Waals surface area contributed by atoms with Crippen molar-refractivity contribution < 1.29 is 18.8 Å². The topological polar surface area (TPSA) is 113 Å². The Morgan fingerprint density at radius 1 is 0.882 bits per heavy atom. The monoisotopic (exact) mass is 498 g/mol. The zero-order chi connectivity index (χ0) is 24.2. The Kier molecular flexibility index (Phi) is 7.00. The first kappa shape index (κ1) is 23.5. The Bertz CT molecular complexity index is 1320. The Morgan fingerprint density at radius 2 is 1.50 bits per heavy atom. The standard InChI is InChI=1S/C24H20Cl2N4O4/c1-13-20-18(27-28-22(31)14-5-2-7-16(25)11-14)9-4-10-19(20)34-21(13)24(33)30-29-23(32)15-6-3-8-17(26)12-15/h2-3,5-8,11-12H,4,9-10H2,1H3,(H,28,31)(H,29,32)(H,30,33)/b27-18+. The molecule has 1 heterocycles. The molecule has 3 aromatic rings. The molecule has 0 aliphatic heterocycles. The normalized spacial score (nSPS) is 13.8. The van der Waals surface area contributed by atoms with Crippen molar-refractivity contribution >= 4 is 46.6 Å². The molecular weight excluding hydrogens is 479 g/mol. The van der Waals surface area contributed by atoms with E-state index in [2.05, 4.69) is 21.4 Å². The van der Waals surface area contributed by atoms with Gasteiger partial charge in [-0.1, -0.05) is 35.3 Å². The van der Waals surface area contributed by atoms with Crippen molar-refractivity contribution in [2.45, 2.75) is 26.2 Å². The van der Waals surface area contributed by atoms with Crippen molar-refractivity contribution in [3.63, 3.8) is 0 Å². The maximum Gasteiger partial charge on any atom is 0.305 e. The molecule has 174 valence electrons. The summed E-state index contributed by atoms with van der Waals surface area (Å²) in [5.74, 6) is -0.858. The molecule has 4 rings (SSSR count). The predicted octanol–water partition coefficient (Wildman–Crippen LogP) is 4.44. The van der Waals surface area contributed by atoms with Gasteiger partial charge in [0.2, 0.25) is 0 Å². The Balaban J connectivity index is 1.48. The summed E-state index contributed by atoms with van der Waals surface area (Å²) in [6.07, 6.45) is 1.98. The van der Waals surface area contributed by atoms with Gasteiger partial charge in [-0.3, -0.25) is 25.2 Å². The quantitative estimate of drug-likeness (QED) is 0.461. The van der Waals surface area contributed by atoms with E-state index in [9.17, 15) is 14.4 Å². The number of benzene rings is 2. The fraction of sp³-hybridized carbons (Fsp3) is 0.167. The molecule has 0 atom stereocenters. The smallest absolute Gasteiger partial charge is 0.305 e. The highest BCUT2D eigenvalue weighted by molar-refractivity contribution is 6.31. The maximum absolute atomic E-state index is 12.7. The number of aryl methyl sites for hydroxylation is 1. The number of carbonyl (C=O) groups excluding carboxylic acids is 3. The molecule has 0 saturated heterocycles. The van der Waals surface area contributed by atoms with Crippen LogP contribution in [0.25, 0.3) is 0 Å². The van der Waals surface area contributed by atoms with Crippen LogP contribution in [0.15, 0.2) is 58.0 Å². The van der Waals surface area contributed by atoms with Crippen LogP contribution in [0.5, 0.6) is 0 Å². The highest BCUT2D eigenvalue weighted by Crippen LogP contribution is 2.29. The lowest BCUT2D eigenvalue weighted by molar-refractivity contribution is 0.0829. The van der Waals surface area contributed by atoms with Crippen LogP contribution >= 0.6 is 23.2 Å². The van der Waals surface area contributed by atoms with Crippen molar-refractivity contribution in [3.8, 4) is 0 Å². The van der Waals surface area contributed by atoms with E-state index in [0.717, 1.165) is 6.42 Å². The molecule has 0 fully saturated rings. The van der Waals surface area contributed by atoms with Gasteiger partial charge in [-0.05, 0) is 56.2 Å². The van der Waals surface area contributed by atoms with Gasteiger partial charge in [-0.15, -0.1) is 0 Å². The highest BCUT2D eigenvalue weighted by Gasteiger charge is 2.28. The number of hydrazine groups is 1. The summed E-state index contributed by atoms with van der Waals surface area (Å²) in [4.78, 5) is 37.4. The van der Waals surface area contributed by atoms with Crippen LogP contribution in [0.3, 0.4) is 0 Å². The second-order valence-electron chi connectivity index (χ2n) is 7.64. The largest absolute Gasteiger partial charge is 0.455 e. The minimum absolute atomic E-state index is 0.0622. The van der Waals surface area contributed by atoms with E-state index in [-0.39, 0.29) is 5.76 Å². The van der Waals surface area contributed by atoms with Gasteiger partial charge in [0.1, 0.15) is 5.76 Å². The van der Waals surface area contributed by atoms with Gasteiger partial charge in [0, 0.05) is 38.7 Å². The summed E-state index contributed by atoms with van der Waals surface area (Å²) in [6, 6.07) is 12.9. The molecule has 0 radical (unpaired) electrons. The molecule has 1 aliphatic carbocycles. The number of furan rings is 1. The van der Waals surface area contributed by atoms with Crippen molar-refractivity contribution in [2.24, 2.45) is 5.10 Å². The second-order valence-corrected chi connectivity index (χ2v) is 8.51. The molecule has 0 saturated carbocycles. The zero-order valence-corrected chi connectivity index (χ0v) is 19.6. The van der Waals surface area contributed by atoms with E-state index in [1.54, 1.807) is 49.4 Å². The number of rotatable bonds is 4. The van der Waals surface area contributed by atoms with E-state index >= 15 is 0 Å². The molecule has 0 bridgehead atoms. The summed E-state index contributed by atoms with van der Waals surface area (Å²) in [5, 5.41) is 5.14. The third-order valence-corrected chi connectivity index (χ3v) is 5.76. The summed E-state index contributed by atoms with van der Waals surface area (Å²) >= 11 is 11.8. The molecule has 3 N–H and O–H groups in total. The van der Waals surface area contributed by atoms with E-state index in [1.807, 2.05) is 0 Å². The fourth-order valence-corrected chi connectivity index (χ4v) is 4.06. The lowest BCUT2D eigenvalue weighted by atomic mass is 9.93.